The van der Waals surface area contributed by atoms with Gasteiger partial charge < -0.3 is 15.2 Å². The summed E-state index contributed by atoms with van der Waals surface area (Å²) in [6, 6.07) is 7.05. The maximum absolute atomic E-state index is 12.4. The summed E-state index contributed by atoms with van der Waals surface area (Å²) in [5.41, 5.74) is 2.54. The molecule has 0 spiro atoms. The fraction of sp³-hybridized carbons (Fsp3) is 0.333. The van der Waals surface area contributed by atoms with Crippen LogP contribution in [0.2, 0.25) is 0 Å². The first kappa shape index (κ1) is 16.7. The number of hydrogen-bond acceptors (Lipinski definition) is 6. The van der Waals surface area contributed by atoms with E-state index in [0.717, 1.165) is 35.5 Å². The highest BCUT2D eigenvalue weighted by molar-refractivity contribution is 7.11. The van der Waals surface area contributed by atoms with Gasteiger partial charge in [-0.05, 0) is 57.4 Å². The van der Waals surface area contributed by atoms with Crippen LogP contribution < -0.4 is 10.6 Å². The van der Waals surface area contributed by atoms with Crippen molar-refractivity contribution in [2.45, 2.75) is 39.2 Å². The third-order valence-electron chi connectivity index (χ3n) is 4.28. The Hall–Kier alpha value is -2.74. The molecule has 26 heavy (non-hydrogen) atoms. The van der Waals surface area contributed by atoms with Gasteiger partial charge in [-0.15, -0.1) is 11.3 Å². The van der Waals surface area contributed by atoms with Crippen molar-refractivity contribution in [3.63, 3.8) is 0 Å². The van der Waals surface area contributed by atoms with E-state index in [1.54, 1.807) is 18.3 Å². The topological polar surface area (TPSA) is 92.9 Å². The molecule has 0 fully saturated rings. The number of rotatable bonds is 3. The van der Waals surface area contributed by atoms with Crippen LogP contribution in [0.3, 0.4) is 0 Å². The van der Waals surface area contributed by atoms with Crippen molar-refractivity contribution in [1.29, 1.82) is 0 Å². The van der Waals surface area contributed by atoms with Crippen LogP contribution in [-0.4, -0.2) is 21.2 Å². The van der Waals surface area contributed by atoms with Gasteiger partial charge in [0, 0.05) is 16.1 Å². The lowest BCUT2D eigenvalue weighted by molar-refractivity contribution is 0.247. The molecular weight excluding hydrogens is 350 g/mol. The van der Waals surface area contributed by atoms with E-state index >= 15 is 0 Å². The van der Waals surface area contributed by atoms with E-state index in [1.807, 2.05) is 31.2 Å². The van der Waals surface area contributed by atoms with Gasteiger partial charge in [0.05, 0.1) is 16.7 Å². The molecule has 0 aliphatic heterocycles. The number of nitrogens with zero attached hydrogens (tertiary/aromatic N) is 3. The monoisotopic (exact) mass is 369 g/mol. The lowest BCUT2D eigenvalue weighted by Crippen LogP contribution is -2.34. The van der Waals surface area contributed by atoms with E-state index < -0.39 is 0 Å². The van der Waals surface area contributed by atoms with Crippen LogP contribution in [0.4, 0.5) is 10.5 Å². The Kier molecular flexibility index (Phi) is 4.42. The first-order valence-electron chi connectivity index (χ1n) is 8.53. The van der Waals surface area contributed by atoms with Gasteiger partial charge in [-0.1, -0.05) is 5.16 Å². The molecule has 4 rings (SSSR count). The summed E-state index contributed by atoms with van der Waals surface area (Å²) in [5.74, 6) is 1.05. The third kappa shape index (κ3) is 3.45. The van der Waals surface area contributed by atoms with Crippen molar-refractivity contribution in [3.05, 3.63) is 45.7 Å². The molecule has 1 aliphatic carbocycles. The van der Waals surface area contributed by atoms with E-state index in [9.17, 15) is 4.79 Å². The number of aryl methyl sites for hydroxylation is 3. The lowest BCUT2D eigenvalue weighted by atomic mass is 9.98. The van der Waals surface area contributed by atoms with Gasteiger partial charge >= 0.3 is 6.03 Å². The highest BCUT2D eigenvalue weighted by Crippen LogP contribution is 2.33. The minimum Gasteiger partial charge on any atom is -0.334 e. The number of carbonyl (C=O) groups is 1. The average Bonchev–Trinajstić information content (AvgIpc) is 3.21. The Morgan fingerprint density at radius 1 is 1.23 bits per heavy atom. The van der Waals surface area contributed by atoms with E-state index in [4.69, 9.17) is 4.52 Å². The van der Waals surface area contributed by atoms with Crippen molar-refractivity contribution in [1.82, 2.24) is 20.4 Å². The van der Waals surface area contributed by atoms with E-state index in [0.29, 0.717) is 17.4 Å². The van der Waals surface area contributed by atoms with Crippen LogP contribution in [0.15, 0.2) is 28.8 Å². The number of urea groups is 1. The maximum Gasteiger partial charge on any atom is 0.319 e. The van der Waals surface area contributed by atoms with Gasteiger partial charge in [0.2, 0.25) is 0 Å². The molecule has 134 valence electrons. The van der Waals surface area contributed by atoms with Crippen molar-refractivity contribution in [2.24, 2.45) is 0 Å². The predicted molar refractivity (Wildman–Crippen MR) is 99.2 cm³/mol. The van der Waals surface area contributed by atoms with Gasteiger partial charge in [-0.3, -0.25) is 0 Å². The fourth-order valence-electron chi connectivity index (χ4n) is 3.12. The largest absolute Gasteiger partial charge is 0.334 e. The van der Waals surface area contributed by atoms with E-state index in [-0.39, 0.29) is 12.1 Å². The van der Waals surface area contributed by atoms with Crippen molar-refractivity contribution < 1.29 is 9.32 Å². The van der Waals surface area contributed by atoms with Crippen molar-refractivity contribution in [2.75, 3.05) is 5.32 Å². The molecule has 2 amide bonds. The molecule has 3 aromatic rings. The summed E-state index contributed by atoms with van der Waals surface area (Å²) in [7, 11) is 0. The smallest absolute Gasteiger partial charge is 0.319 e. The summed E-state index contributed by atoms with van der Waals surface area (Å²) < 4.78 is 5.14. The summed E-state index contributed by atoms with van der Waals surface area (Å²) >= 11 is 1.72. The first-order chi connectivity index (χ1) is 12.6. The van der Waals surface area contributed by atoms with Gasteiger partial charge in [0.1, 0.15) is 0 Å². The van der Waals surface area contributed by atoms with Crippen LogP contribution in [0.25, 0.3) is 11.5 Å². The number of hydrogen-bond donors (Lipinski definition) is 2. The molecule has 7 nitrogen and oxygen atoms in total. The Labute approximate surface area is 154 Å². The standard InChI is InChI=1S/C18H19N5O2S/c1-10-19-17(25-23-10)12-6-8-13(9-7-12)21-18(24)22-14-4-3-5-15-16(14)20-11(2)26-15/h6-9,14H,3-5H2,1-2H3,(H2,21,22,24). The quantitative estimate of drug-likeness (QED) is 0.728. The Balaban J connectivity index is 1.41. The average molecular weight is 369 g/mol. The zero-order chi connectivity index (χ0) is 18.1. The number of anilines is 1. The Morgan fingerprint density at radius 2 is 2.04 bits per heavy atom. The number of amides is 2. The van der Waals surface area contributed by atoms with Crippen LogP contribution >= 0.6 is 11.3 Å². The number of nitrogens with one attached hydrogen (secondary N) is 2. The van der Waals surface area contributed by atoms with Gasteiger partial charge in [-0.2, -0.15) is 4.98 Å². The normalized spacial score (nSPS) is 16.2. The highest BCUT2D eigenvalue weighted by Gasteiger charge is 2.25. The summed E-state index contributed by atoms with van der Waals surface area (Å²) in [6.07, 6.45) is 3.04. The molecule has 1 atom stereocenters. The second kappa shape index (κ2) is 6.87. The molecule has 8 heteroatoms. The molecule has 0 radical (unpaired) electrons. The lowest BCUT2D eigenvalue weighted by Gasteiger charge is -2.22. The minimum absolute atomic E-state index is 0.0238. The number of aromatic nitrogens is 3. The van der Waals surface area contributed by atoms with Crippen LogP contribution in [0, 0.1) is 13.8 Å². The molecular formula is C18H19N5O2S. The SMILES string of the molecule is Cc1noc(-c2ccc(NC(=O)NC3CCCc4sc(C)nc43)cc2)n1. The molecule has 2 aromatic heterocycles. The number of benzene rings is 1. The molecule has 0 bridgehead atoms. The van der Waals surface area contributed by atoms with Gasteiger partial charge in [0.15, 0.2) is 5.82 Å². The van der Waals surface area contributed by atoms with E-state index in [2.05, 4.69) is 25.8 Å². The van der Waals surface area contributed by atoms with Gasteiger partial charge in [-0.25, -0.2) is 9.78 Å². The Morgan fingerprint density at radius 3 is 2.77 bits per heavy atom. The number of thiazole rings is 1. The summed E-state index contributed by atoms with van der Waals surface area (Å²) in [6.45, 7) is 3.78. The Bertz CT molecular complexity index is 931. The van der Waals surface area contributed by atoms with Crippen LogP contribution in [0.1, 0.15) is 40.3 Å². The third-order valence-corrected chi connectivity index (χ3v) is 5.33. The zero-order valence-electron chi connectivity index (χ0n) is 14.6. The summed E-state index contributed by atoms with van der Waals surface area (Å²) in [5, 5.41) is 10.7. The second-order valence-electron chi connectivity index (χ2n) is 6.31. The number of carbonyl (C=O) groups excluding carboxylic acids is 1. The highest BCUT2D eigenvalue weighted by atomic mass is 32.1. The molecule has 2 heterocycles. The van der Waals surface area contributed by atoms with Crippen LogP contribution in [-0.2, 0) is 6.42 Å². The molecule has 2 N–H and O–H groups in total. The fourth-order valence-corrected chi connectivity index (χ4v) is 4.16. The van der Waals surface area contributed by atoms with Crippen molar-refractivity contribution >= 4 is 23.1 Å². The summed E-state index contributed by atoms with van der Waals surface area (Å²) in [4.78, 5) is 22.4. The molecule has 1 aromatic carbocycles. The maximum atomic E-state index is 12.4. The first-order valence-corrected chi connectivity index (χ1v) is 9.34. The zero-order valence-corrected chi connectivity index (χ0v) is 15.4. The molecule has 1 aliphatic rings. The van der Waals surface area contributed by atoms with E-state index in [1.165, 1.54) is 4.88 Å². The molecule has 0 saturated carbocycles. The second-order valence-corrected chi connectivity index (χ2v) is 7.60. The van der Waals surface area contributed by atoms with Crippen LogP contribution in [0.5, 0.6) is 0 Å². The molecule has 1 unspecified atom stereocenters. The number of fused-ring (bicyclic) bond motifs is 1. The predicted octanol–water partition coefficient (Wildman–Crippen LogP) is 4.01. The van der Waals surface area contributed by atoms with Gasteiger partial charge in [0.25, 0.3) is 5.89 Å². The van der Waals surface area contributed by atoms with Crippen molar-refractivity contribution in [3.8, 4) is 11.5 Å². The molecule has 0 saturated heterocycles. The minimum atomic E-state index is -0.227.